The molecular weight excluding hydrogens is 244 g/mol. The first kappa shape index (κ1) is 13.7. The second kappa shape index (κ2) is 5.94. The lowest BCUT2D eigenvalue weighted by molar-refractivity contribution is 0.375. The Kier molecular flexibility index (Phi) is 4.52. The highest BCUT2D eigenvalue weighted by Crippen LogP contribution is 2.30. The van der Waals surface area contributed by atoms with Gasteiger partial charge in [0.15, 0.2) is 0 Å². The molecule has 1 N–H and O–H groups in total. The molecule has 100 valence electrons. The van der Waals surface area contributed by atoms with Crippen LogP contribution in [0.15, 0.2) is 18.2 Å². The molecule has 0 aromatic heterocycles. The van der Waals surface area contributed by atoms with Crippen LogP contribution in [-0.2, 0) is 6.42 Å². The molecule has 2 nitrogen and oxygen atoms in total. The average molecular weight is 267 g/mol. The zero-order chi connectivity index (χ0) is 11.7. The molecule has 1 aromatic carbocycles. The van der Waals surface area contributed by atoms with Gasteiger partial charge in [0.25, 0.3) is 0 Å². The third kappa shape index (κ3) is 2.81. The summed E-state index contributed by atoms with van der Waals surface area (Å²) >= 11 is 0. The van der Waals surface area contributed by atoms with Gasteiger partial charge in [-0.1, -0.05) is 17.7 Å². The minimum Gasteiger partial charge on any atom is -0.371 e. The maximum atomic E-state index is 3.45. The summed E-state index contributed by atoms with van der Waals surface area (Å²) in [6, 6.07) is 6.93. The fourth-order valence-corrected chi connectivity index (χ4v) is 3.16. The number of rotatable bonds is 2. The molecule has 2 heterocycles. The Morgan fingerprint density at radius 1 is 1.28 bits per heavy atom. The Morgan fingerprint density at radius 3 is 2.83 bits per heavy atom. The summed E-state index contributed by atoms with van der Waals surface area (Å²) in [6.07, 6.45) is 3.93. The van der Waals surface area contributed by atoms with Crippen molar-refractivity contribution in [3.05, 3.63) is 29.3 Å². The lowest BCUT2D eigenvalue weighted by Gasteiger charge is -2.29. The van der Waals surface area contributed by atoms with Gasteiger partial charge in [0.05, 0.1) is 0 Å². The minimum atomic E-state index is 0. The Bertz CT molecular complexity index is 399. The molecule has 0 saturated carbocycles. The third-order valence-corrected chi connectivity index (χ3v) is 4.16. The van der Waals surface area contributed by atoms with E-state index in [0.717, 1.165) is 5.92 Å². The Hall–Kier alpha value is -0.730. The van der Waals surface area contributed by atoms with Gasteiger partial charge in [-0.2, -0.15) is 0 Å². The van der Waals surface area contributed by atoms with E-state index in [2.05, 4.69) is 35.3 Å². The highest BCUT2D eigenvalue weighted by Gasteiger charge is 2.22. The minimum absolute atomic E-state index is 0. The van der Waals surface area contributed by atoms with E-state index in [1.54, 1.807) is 5.56 Å². The summed E-state index contributed by atoms with van der Waals surface area (Å²) in [6.45, 7) is 7.09. The van der Waals surface area contributed by atoms with E-state index in [4.69, 9.17) is 0 Å². The van der Waals surface area contributed by atoms with Crippen LogP contribution in [0.4, 0.5) is 5.69 Å². The monoisotopic (exact) mass is 266 g/mol. The molecule has 0 radical (unpaired) electrons. The molecule has 0 bridgehead atoms. The quantitative estimate of drug-likeness (QED) is 0.886. The van der Waals surface area contributed by atoms with E-state index in [1.165, 1.54) is 56.7 Å². The third-order valence-electron chi connectivity index (χ3n) is 4.16. The maximum absolute atomic E-state index is 3.45. The molecule has 2 aliphatic heterocycles. The second-order valence-electron chi connectivity index (χ2n) is 5.52. The maximum Gasteiger partial charge on any atom is 0.0399 e. The van der Waals surface area contributed by atoms with Gasteiger partial charge in [-0.3, -0.25) is 0 Å². The lowest BCUT2D eigenvalue weighted by atomic mass is 9.97. The summed E-state index contributed by atoms with van der Waals surface area (Å²) in [7, 11) is 0. The van der Waals surface area contributed by atoms with Crippen LogP contribution in [0.2, 0.25) is 0 Å². The number of hydrogen-bond donors (Lipinski definition) is 1. The summed E-state index contributed by atoms with van der Waals surface area (Å²) < 4.78 is 0. The molecule has 1 fully saturated rings. The molecule has 0 aliphatic carbocycles. The van der Waals surface area contributed by atoms with Crippen molar-refractivity contribution in [2.45, 2.75) is 26.2 Å². The van der Waals surface area contributed by atoms with Crippen LogP contribution in [0.5, 0.6) is 0 Å². The van der Waals surface area contributed by atoms with Crippen LogP contribution in [0, 0.1) is 12.8 Å². The highest BCUT2D eigenvalue weighted by atomic mass is 35.5. The van der Waals surface area contributed by atoms with E-state index >= 15 is 0 Å². The van der Waals surface area contributed by atoms with Gasteiger partial charge in [-0.25, -0.2) is 0 Å². The van der Waals surface area contributed by atoms with Crippen LogP contribution in [0.3, 0.4) is 0 Å². The number of halogens is 1. The molecular formula is C15H23ClN2. The molecule has 3 rings (SSSR count). The number of aryl methyl sites for hydroxylation is 1. The summed E-state index contributed by atoms with van der Waals surface area (Å²) in [5, 5.41) is 3.45. The summed E-state index contributed by atoms with van der Waals surface area (Å²) in [4.78, 5) is 2.60. The topological polar surface area (TPSA) is 15.3 Å². The zero-order valence-corrected chi connectivity index (χ0v) is 11.9. The van der Waals surface area contributed by atoms with E-state index in [9.17, 15) is 0 Å². The molecule has 0 spiro atoms. The van der Waals surface area contributed by atoms with Crippen LogP contribution < -0.4 is 10.2 Å². The van der Waals surface area contributed by atoms with Crippen LogP contribution in [-0.4, -0.2) is 26.2 Å². The highest BCUT2D eigenvalue weighted by molar-refractivity contribution is 5.85. The molecule has 18 heavy (non-hydrogen) atoms. The van der Waals surface area contributed by atoms with Crippen molar-refractivity contribution in [2.24, 2.45) is 5.92 Å². The second-order valence-corrected chi connectivity index (χ2v) is 5.52. The number of fused-ring (bicyclic) bond motifs is 1. The van der Waals surface area contributed by atoms with Gasteiger partial charge in [0, 0.05) is 18.8 Å². The van der Waals surface area contributed by atoms with Crippen molar-refractivity contribution in [3.8, 4) is 0 Å². The zero-order valence-electron chi connectivity index (χ0n) is 11.1. The van der Waals surface area contributed by atoms with Crippen molar-refractivity contribution in [3.63, 3.8) is 0 Å². The Morgan fingerprint density at radius 2 is 2.06 bits per heavy atom. The molecule has 1 aromatic rings. The first-order chi connectivity index (χ1) is 8.33. The largest absolute Gasteiger partial charge is 0.371 e. The van der Waals surface area contributed by atoms with Crippen molar-refractivity contribution in [1.82, 2.24) is 5.32 Å². The van der Waals surface area contributed by atoms with E-state index in [-0.39, 0.29) is 12.4 Å². The Labute approximate surface area is 116 Å². The number of piperidine rings is 1. The van der Waals surface area contributed by atoms with Crippen LogP contribution >= 0.6 is 12.4 Å². The first-order valence-electron chi connectivity index (χ1n) is 6.88. The molecule has 2 aliphatic rings. The fourth-order valence-electron chi connectivity index (χ4n) is 3.16. The van der Waals surface area contributed by atoms with E-state index in [0.29, 0.717) is 0 Å². The van der Waals surface area contributed by atoms with E-state index < -0.39 is 0 Å². The van der Waals surface area contributed by atoms with Gasteiger partial charge in [-0.15, -0.1) is 12.4 Å². The van der Waals surface area contributed by atoms with E-state index in [1.807, 2.05) is 0 Å². The standard InChI is InChI=1S/C15H22N2.ClH/c1-12-2-3-15-14(10-12)6-9-17(15)11-13-4-7-16-8-5-13;/h2-3,10,13,16H,4-9,11H2,1H3;1H. The SMILES string of the molecule is Cc1ccc2c(c1)CCN2CC1CCNCC1.Cl. The number of anilines is 1. The van der Waals surface area contributed by atoms with Crippen molar-refractivity contribution in [1.29, 1.82) is 0 Å². The fraction of sp³-hybridized carbons (Fsp3) is 0.600. The smallest absolute Gasteiger partial charge is 0.0399 e. The predicted molar refractivity (Wildman–Crippen MR) is 79.9 cm³/mol. The van der Waals surface area contributed by atoms with Crippen LogP contribution in [0.1, 0.15) is 24.0 Å². The van der Waals surface area contributed by atoms with Gasteiger partial charge in [0.1, 0.15) is 0 Å². The summed E-state index contributed by atoms with van der Waals surface area (Å²) in [5.41, 5.74) is 4.44. The van der Waals surface area contributed by atoms with Crippen molar-refractivity contribution < 1.29 is 0 Å². The molecule has 3 heteroatoms. The summed E-state index contributed by atoms with van der Waals surface area (Å²) in [5.74, 6) is 0.892. The number of hydrogen-bond acceptors (Lipinski definition) is 2. The Balaban J connectivity index is 0.00000120. The van der Waals surface area contributed by atoms with Gasteiger partial charge in [-0.05, 0) is 56.8 Å². The average Bonchev–Trinajstić information content (AvgIpc) is 2.73. The number of nitrogens with zero attached hydrogens (tertiary/aromatic N) is 1. The molecule has 0 amide bonds. The van der Waals surface area contributed by atoms with Gasteiger partial charge in [0.2, 0.25) is 0 Å². The lowest BCUT2D eigenvalue weighted by Crippen LogP contribution is -2.35. The number of nitrogens with one attached hydrogen (secondary N) is 1. The van der Waals surface area contributed by atoms with Crippen molar-refractivity contribution >= 4 is 18.1 Å². The predicted octanol–water partition coefficient (Wildman–Crippen LogP) is 2.78. The van der Waals surface area contributed by atoms with Crippen LogP contribution in [0.25, 0.3) is 0 Å². The first-order valence-corrected chi connectivity index (χ1v) is 6.88. The van der Waals surface area contributed by atoms with Gasteiger partial charge >= 0.3 is 0 Å². The normalized spacial score (nSPS) is 19.5. The van der Waals surface area contributed by atoms with Crippen molar-refractivity contribution in [2.75, 3.05) is 31.1 Å². The number of benzene rings is 1. The van der Waals surface area contributed by atoms with Gasteiger partial charge < -0.3 is 10.2 Å². The molecule has 1 saturated heterocycles. The molecule has 0 atom stereocenters. The molecule has 0 unspecified atom stereocenters.